The lowest BCUT2D eigenvalue weighted by atomic mass is 9.79. The van der Waals surface area contributed by atoms with Crippen LogP contribution < -0.4 is 5.32 Å². The molecule has 1 aromatic heterocycles. The lowest BCUT2D eigenvalue weighted by Crippen LogP contribution is -2.55. The lowest BCUT2D eigenvalue weighted by Gasteiger charge is -2.47. The molecule has 2 rings (SSSR count). The van der Waals surface area contributed by atoms with E-state index < -0.39 is 0 Å². The molecule has 1 unspecified atom stereocenters. The zero-order valence-electron chi connectivity index (χ0n) is 13.2. The average Bonchev–Trinajstić information content (AvgIpc) is 3.04. The molecule has 1 aliphatic heterocycles. The highest BCUT2D eigenvalue weighted by Gasteiger charge is 2.42. The van der Waals surface area contributed by atoms with Crippen LogP contribution in [0.15, 0.2) is 24.5 Å². The van der Waals surface area contributed by atoms with Gasteiger partial charge in [-0.2, -0.15) is 0 Å². The molecule has 1 saturated heterocycles. The van der Waals surface area contributed by atoms with Gasteiger partial charge in [-0.15, -0.1) is 0 Å². The van der Waals surface area contributed by atoms with Gasteiger partial charge in [0.2, 0.25) is 0 Å². The molecule has 1 N–H and O–H groups in total. The van der Waals surface area contributed by atoms with Crippen molar-refractivity contribution < 1.29 is 0 Å². The second-order valence-corrected chi connectivity index (χ2v) is 5.78. The van der Waals surface area contributed by atoms with Gasteiger partial charge in [0.1, 0.15) is 0 Å². The van der Waals surface area contributed by atoms with Crippen molar-refractivity contribution in [2.75, 3.05) is 19.6 Å². The fourth-order valence-corrected chi connectivity index (χ4v) is 3.82. The van der Waals surface area contributed by atoms with E-state index in [1.807, 2.05) is 12.4 Å². The summed E-state index contributed by atoms with van der Waals surface area (Å²) >= 11 is 0. The Labute approximate surface area is 123 Å². The largest absolute Gasteiger partial charge is 0.309 e. The fraction of sp³-hybridized carbons (Fsp3) is 0.706. The Morgan fingerprint density at radius 1 is 1.25 bits per heavy atom. The molecule has 2 heterocycles. The van der Waals surface area contributed by atoms with E-state index in [9.17, 15) is 0 Å². The van der Waals surface area contributed by atoms with Crippen molar-refractivity contribution in [3.05, 3.63) is 30.1 Å². The number of hydrogen-bond acceptors (Lipinski definition) is 3. The lowest BCUT2D eigenvalue weighted by molar-refractivity contribution is 0.0621. The minimum atomic E-state index is 0.218. The maximum Gasteiger partial charge on any atom is 0.0522 e. The second-order valence-electron chi connectivity index (χ2n) is 5.78. The van der Waals surface area contributed by atoms with Crippen LogP contribution in [0, 0.1) is 0 Å². The van der Waals surface area contributed by atoms with Crippen molar-refractivity contribution >= 4 is 0 Å². The molecule has 1 aromatic rings. The Morgan fingerprint density at radius 2 is 1.95 bits per heavy atom. The van der Waals surface area contributed by atoms with Gasteiger partial charge in [-0.1, -0.05) is 26.8 Å². The molecule has 0 bridgehead atoms. The molecule has 0 saturated carbocycles. The molecule has 1 aliphatic rings. The van der Waals surface area contributed by atoms with E-state index in [0.717, 1.165) is 6.54 Å². The Bertz CT molecular complexity index is 380. The van der Waals surface area contributed by atoms with Crippen molar-refractivity contribution in [1.82, 2.24) is 15.2 Å². The van der Waals surface area contributed by atoms with Gasteiger partial charge >= 0.3 is 0 Å². The van der Waals surface area contributed by atoms with E-state index in [4.69, 9.17) is 0 Å². The minimum absolute atomic E-state index is 0.218. The predicted molar refractivity (Wildman–Crippen MR) is 84.8 cm³/mol. The van der Waals surface area contributed by atoms with Crippen LogP contribution in [0.25, 0.3) is 0 Å². The number of rotatable bonds is 7. The van der Waals surface area contributed by atoms with Crippen molar-refractivity contribution in [2.24, 2.45) is 0 Å². The molecule has 0 aliphatic carbocycles. The highest BCUT2D eigenvalue weighted by atomic mass is 15.2. The molecule has 1 fully saturated rings. The maximum atomic E-state index is 4.34. The standard InChI is InChI=1S/C17H29N3/c1-4-17(5-2,20-12-7-8-13-20)16(19-6-3)15-10-9-11-18-14-15/h9-11,14,16,19H,4-8,12-13H2,1-3H3. The van der Waals surface area contributed by atoms with Gasteiger partial charge in [0, 0.05) is 17.9 Å². The van der Waals surface area contributed by atoms with E-state index >= 15 is 0 Å². The summed E-state index contributed by atoms with van der Waals surface area (Å²) in [6, 6.07) is 4.64. The van der Waals surface area contributed by atoms with Crippen LogP contribution >= 0.6 is 0 Å². The topological polar surface area (TPSA) is 28.2 Å². The molecule has 112 valence electrons. The summed E-state index contributed by atoms with van der Waals surface area (Å²) < 4.78 is 0. The van der Waals surface area contributed by atoms with E-state index in [2.05, 4.69) is 48.1 Å². The van der Waals surface area contributed by atoms with Crippen LogP contribution in [0.1, 0.15) is 58.1 Å². The second kappa shape index (κ2) is 7.19. The zero-order valence-corrected chi connectivity index (χ0v) is 13.2. The third-order valence-corrected chi connectivity index (χ3v) is 4.92. The number of pyridine rings is 1. The van der Waals surface area contributed by atoms with E-state index in [-0.39, 0.29) is 5.54 Å². The Balaban J connectivity index is 2.36. The molecule has 1 atom stereocenters. The first-order valence-corrected chi connectivity index (χ1v) is 8.16. The summed E-state index contributed by atoms with van der Waals surface area (Å²) in [6.45, 7) is 10.3. The van der Waals surface area contributed by atoms with E-state index in [1.165, 1.54) is 44.3 Å². The number of aromatic nitrogens is 1. The van der Waals surface area contributed by atoms with Crippen LogP contribution in [-0.2, 0) is 0 Å². The normalized spacial score (nSPS) is 18.4. The first kappa shape index (κ1) is 15.5. The smallest absolute Gasteiger partial charge is 0.0522 e. The Morgan fingerprint density at radius 3 is 2.45 bits per heavy atom. The summed E-state index contributed by atoms with van der Waals surface area (Å²) in [5, 5.41) is 3.74. The van der Waals surface area contributed by atoms with E-state index in [1.54, 1.807) is 0 Å². The first-order valence-electron chi connectivity index (χ1n) is 8.16. The van der Waals surface area contributed by atoms with Crippen LogP contribution in [0.2, 0.25) is 0 Å². The van der Waals surface area contributed by atoms with Gasteiger partial charge in [-0.05, 0) is 56.9 Å². The summed E-state index contributed by atoms with van der Waals surface area (Å²) in [6.07, 6.45) is 8.93. The van der Waals surface area contributed by atoms with Crippen LogP contribution in [0.5, 0.6) is 0 Å². The summed E-state index contributed by atoms with van der Waals surface area (Å²) in [5.74, 6) is 0. The number of nitrogens with one attached hydrogen (secondary N) is 1. The van der Waals surface area contributed by atoms with Crippen molar-refractivity contribution in [2.45, 2.75) is 58.0 Å². The quantitative estimate of drug-likeness (QED) is 0.827. The molecule has 0 aromatic carbocycles. The van der Waals surface area contributed by atoms with Crippen LogP contribution in [-0.4, -0.2) is 35.1 Å². The molecule has 3 nitrogen and oxygen atoms in total. The third kappa shape index (κ3) is 2.89. The van der Waals surface area contributed by atoms with Gasteiger partial charge in [0.05, 0.1) is 6.04 Å². The van der Waals surface area contributed by atoms with Crippen LogP contribution in [0.4, 0.5) is 0 Å². The first-order chi connectivity index (χ1) is 9.78. The van der Waals surface area contributed by atoms with Gasteiger partial charge in [0.25, 0.3) is 0 Å². The maximum absolute atomic E-state index is 4.34. The molecule has 20 heavy (non-hydrogen) atoms. The van der Waals surface area contributed by atoms with Gasteiger partial charge in [-0.25, -0.2) is 0 Å². The average molecular weight is 275 g/mol. The molecule has 0 radical (unpaired) electrons. The summed E-state index contributed by atoms with van der Waals surface area (Å²) in [7, 11) is 0. The van der Waals surface area contributed by atoms with Gasteiger partial charge < -0.3 is 5.32 Å². The summed E-state index contributed by atoms with van der Waals surface area (Å²) in [5.41, 5.74) is 1.54. The fourth-order valence-electron chi connectivity index (χ4n) is 3.82. The molecule has 0 amide bonds. The van der Waals surface area contributed by atoms with Crippen molar-refractivity contribution in [3.63, 3.8) is 0 Å². The zero-order chi connectivity index (χ0) is 14.4. The SMILES string of the molecule is CCNC(c1cccnc1)C(CC)(CC)N1CCCC1. The highest BCUT2D eigenvalue weighted by molar-refractivity contribution is 5.20. The van der Waals surface area contributed by atoms with Gasteiger partial charge in [0.15, 0.2) is 0 Å². The number of likely N-dealkylation sites (tertiary alicyclic amines) is 1. The van der Waals surface area contributed by atoms with Gasteiger partial charge in [-0.3, -0.25) is 9.88 Å². The van der Waals surface area contributed by atoms with Crippen LogP contribution in [0.3, 0.4) is 0 Å². The molecular weight excluding hydrogens is 246 g/mol. The number of nitrogens with zero attached hydrogens (tertiary/aromatic N) is 2. The molecule has 3 heteroatoms. The van der Waals surface area contributed by atoms with Crippen molar-refractivity contribution in [1.29, 1.82) is 0 Å². The highest BCUT2D eigenvalue weighted by Crippen LogP contribution is 2.39. The monoisotopic (exact) mass is 275 g/mol. The molecular formula is C17H29N3. The number of hydrogen-bond donors (Lipinski definition) is 1. The predicted octanol–water partition coefficient (Wildman–Crippen LogP) is 3.39. The minimum Gasteiger partial charge on any atom is -0.309 e. The van der Waals surface area contributed by atoms with Crippen molar-refractivity contribution in [3.8, 4) is 0 Å². The number of likely N-dealkylation sites (N-methyl/N-ethyl adjacent to an activating group) is 1. The molecule has 0 spiro atoms. The third-order valence-electron chi connectivity index (χ3n) is 4.92. The Hall–Kier alpha value is -0.930. The summed E-state index contributed by atoms with van der Waals surface area (Å²) in [4.78, 5) is 7.05. The Kier molecular flexibility index (Phi) is 5.55. The van der Waals surface area contributed by atoms with E-state index in [0.29, 0.717) is 6.04 Å².